The SMILES string of the molecule is COc1cc(/C=C2\SC(=O)N(CC(=O)Nc3ccc(C)c(Cl)c3)C2=O)ccc1OC(C)=O. The number of halogens is 1. The smallest absolute Gasteiger partial charge is 0.308 e. The highest BCUT2D eigenvalue weighted by Gasteiger charge is 2.36. The van der Waals surface area contributed by atoms with E-state index in [1.54, 1.807) is 30.3 Å². The average molecular weight is 475 g/mol. The quantitative estimate of drug-likeness (QED) is 0.379. The van der Waals surface area contributed by atoms with E-state index >= 15 is 0 Å². The molecule has 0 aliphatic carbocycles. The first-order valence-electron chi connectivity index (χ1n) is 9.35. The van der Waals surface area contributed by atoms with Crippen molar-refractivity contribution in [3.8, 4) is 11.5 Å². The van der Waals surface area contributed by atoms with E-state index in [2.05, 4.69) is 5.32 Å². The van der Waals surface area contributed by atoms with Crippen LogP contribution in [0.5, 0.6) is 11.5 Å². The summed E-state index contributed by atoms with van der Waals surface area (Å²) >= 11 is 6.78. The number of anilines is 1. The Kier molecular flexibility index (Phi) is 7.22. The highest BCUT2D eigenvalue weighted by atomic mass is 35.5. The summed E-state index contributed by atoms with van der Waals surface area (Å²) in [5.41, 5.74) is 1.88. The Balaban J connectivity index is 1.72. The van der Waals surface area contributed by atoms with Gasteiger partial charge in [-0.3, -0.25) is 24.1 Å². The number of hydrogen-bond acceptors (Lipinski definition) is 7. The van der Waals surface area contributed by atoms with Gasteiger partial charge in [0.25, 0.3) is 11.1 Å². The molecule has 3 rings (SSSR count). The lowest BCUT2D eigenvalue weighted by molar-refractivity contribution is -0.132. The summed E-state index contributed by atoms with van der Waals surface area (Å²) in [5, 5.41) is 2.56. The number of thioether (sulfide) groups is 1. The van der Waals surface area contributed by atoms with E-state index in [1.807, 2.05) is 6.92 Å². The monoisotopic (exact) mass is 474 g/mol. The molecule has 1 fully saturated rings. The van der Waals surface area contributed by atoms with Gasteiger partial charge in [0.2, 0.25) is 5.91 Å². The van der Waals surface area contributed by atoms with Crippen molar-refractivity contribution in [1.82, 2.24) is 4.90 Å². The van der Waals surface area contributed by atoms with Crippen molar-refractivity contribution in [2.45, 2.75) is 13.8 Å². The zero-order valence-electron chi connectivity index (χ0n) is 17.4. The van der Waals surface area contributed by atoms with Crippen LogP contribution >= 0.6 is 23.4 Å². The number of methoxy groups -OCH3 is 1. The van der Waals surface area contributed by atoms with Crippen LogP contribution in [0.25, 0.3) is 6.08 Å². The summed E-state index contributed by atoms with van der Waals surface area (Å²) in [5.74, 6) is -1.08. The van der Waals surface area contributed by atoms with Gasteiger partial charge >= 0.3 is 5.97 Å². The molecule has 10 heteroatoms. The summed E-state index contributed by atoms with van der Waals surface area (Å²) < 4.78 is 10.3. The predicted octanol–water partition coefficient (Wildman–Crippen LogP) is 4.26. The standard InChI is InChI=1S/C22H19ClN2O6S/c1-12-4-6-15(10-16(12)23)24-20(27)11-25-21(28)19(32-22(25)29)9-14-5-7-17(31-13(2)26)18(8-14)30-3/h4-10H,11H2,1-3H3,(H,24,27)/b19-9-. The number of hydrogen-bond donors (Lipinski definition) is 1. The van der Waals surface area contributed by atoms with E-state index < -0.39 is 29.6 Å². The third kappa shape index (κ3) is 5.49. The van der Waals surface area contributed by atoms with Gasteiger partial charge in [-0.25, -0.2) is 0 Å². The Bertz CT molecular complexity index is 1150. The summed E-state index contributed by atoms with van der Waals surface area (Å²) in [6.45, 7) is 2.68. The van der Waals surface area contributed by atoms with Gasteiger partial charge in [-0.2, -0.15) is 0 Å². The fraction of sp³-hybridized carbons (Fsp3) is 0.182. The minimum absolute atomic E-state index is 0.156. The first-order chi connectivity index (χ1) is 15.2. The maximum Gasteiger partial charge on any atom is 0.308 e. The van der Waals surface area contributed by atoms with Crippen molar-refractivity contribution in [2.24, 2.45) is 0 Å². The third-order valence-corrected chi connectivity index (χ3v) is 5.68. The fourth-order valence-corrected chi connectivity index (χ4v) is 3.83. The first-order valence-corrected chi connectivity index (χ1v) is 10.5. The maximum absolute atomic E-state index is 12.7. The molecule has 0 radical (unpaired) electrons. The molecule has 166 valence electrons. The van der Waals surface area contributed by atoms with Gasteiger partial charge in [0.05, 0.1) is 12.0 Å². The van der Waals surface area contributed by atoms with Gasteiger partial charge in [-0.05, 0) is 60.2 Å². The lowest BCUT2D eigenvalue weighted by Crippen LogP contribution is -2.36. The number of nitrogens with zero attached hydrogens (tertiary/aromatic N) is 1. The molecule has 0 saturated carbocycles. The molecule has 0 aromatic heterocycles. The number of rotatable bonds is 6. The summed E-state index contributed by atoms with van der Waals surface area (Å²) in [4.78, 5) is 49.5. The van der Waals surface area contributed by atoms with Crippen molar-refractivity contribution < 1.29 is 28.7 Å². The second kappa shape index (κ2) is 9.88. The van der Waals surface area contributed by atoms with Gasteiger partial charge in [0.1, 0.15) is 6.54 Å². The predicted molar refractivity (Wildman–Crippen MR) is 122 cm³/mol. The number of benzene rings is 2. The molecule has 0 bridgehead atoms. The van der Waals surface area contributed by atoms with Gasteiger partial charge in [-0.1, -0.05) is 23.7 Å². The fourth-order valence-electron chi connectivity index (χ4n) is 2.82. The Morgan fingerprint density at radius 1 is 1.16 bits per heavy atom. The number of nitrogens with one attached hydrogen (secondary N) is 1. The Labute approximate surface area is 193 Å². The molecule has 2 aromatic rings. The summed E-state index contributed by atoms with van der Waals surface area (Å²) in [6.07, 6.45) is 1.50. The normalized spacial score (nSPS) is 14.6. The third-order valence-electron chi connectivity index (χ3n) is 4.37. The lowest BCUT2D eigenvalue weighted by atomic mass is 10.2. The number of carbonyl (C=O) groups excluding carboxylic acids is 4. The molecule has 2 aromatic carbocycles. The van der Waals surface area contributed by atoms with Crippen molar-refractivity contribution >= 4 is 58.1 Å². The molecule has 1 heterocycles. The molecule has 8 nitrogen and oxygen atoms in total. The number of amides is 3. The van der Waals surface area contributed by atoms with Crippen LogP contribution in [0.15, 0.2) is 41.3 Å². The number of aryl methyl sites for hydroxylation is 1. The van der Waals surface area contributed by atoms with E-state index in [1.165, 1.54) is 26.2 Å². The van der Waals surface area contributed by atoms with Crippen LogP contribution in [0.1, 0.15) is 18.1 Å². The molecule has 0 spiro atoms. The molecule has 1 N–H and O–H groups in total. The van der Waals surface area contributed by atoms with Crippen molar-refractivity contribution in [3.05, 3.63) is 57.5 Å². The van der Waals surface area contributed by atoms with Crippen molar-refractivity contribution in [2.75, 3.05) is 19.0 Å². The number of esters is 1. The highest BCUT2D eigenvalue weighted by Crippen LogP contribution is 2.34. The number of ether oxygens (including phenoxy) is 2. The second-order valence-electron chi connectivity index (χ2n) is 6.78. The minimum Gasteiger partial charge on any atom is -0.493 e. The van der Waals surface area contributed by atoms with Crippen LogP contribution in [0.2, 0.25) is 5.02 Å². The van der Waals surface area contributed by atoms with Gasteiger partial charge in [0.15, 0.2) is 11.5 Å². The summed E-state index contributed by atoms with van der Waals surface area (Å²) in [7, 11) is 1.42. The van der Waals surface area contributed by atoms with Crippen molar-refractivity contribution in [3.63, 3.8) is 0 Å². The lowest BCUT2D eigenvalue weighted by Gasteiger charge is -2.13. The zero-order valence-corrected chi connectivity index (χ0v) is 19.0. The molecule has 3 amide bonds. The maximum atomic E-state index is 12.7. The molecular formula is C22H19ClN2O6S. The minimum atomic E-state index is -0.583. The van der Waals surface area contributed by atoms with E-state index in [4.69, 9.17) is 21.1 Å². The topological polar surface area (TPSA) is 102 Å². The van der Waals surface area contributed by atoms with E-state index in [-0.39, 0.29) is 10.7 Å². The van der Waals surface area contributed by atoms with Gasteiger partial charge < -0.3 is 14.8 Å². The van der Waals surface area contributed by atoms with Crippen molar-refractivity contribution in [1.29, 1.82) is 0 Å². The van der Waals surface area contributed by atoms with E-state index in [0.29, 0.717) is 22.0 Å². The van der Waals surface area contributed by atoms with Gasteiger partial charge in [-0.15, -0.1) is 0 Å². The first kappa shape index (κ1) is 23.4. The molecule has 32 heavy (non-hydrogen) atoms. The van der Waals surface area contributed by atoms with Crippen LogP contribution in [0.4, 0.5) is 10.5 Å². The van der Waals surface area contributed by atoms with E-state index in [0.717, 1.165) is 22.2 Å². The Hall–Kier alpha value is -3.30. The molecule has 1 aliphatic rings. The average Bonchev–Trinajstić information content (AvgIpc) is 2.98. The second-order valence-corrected chi connectivity index (χ2v) is 8.18. The van der Waals surface area contributed by atoms with Gasteiger partial charge in [0, 0.05) is 17.6 Å². The Morgan fingerprint density at radius 3 is 2.56 bits per heavy atom. The van der Waals surface area contributed by atoms with Crippen LogP contribution in [-0.4, -0.2) is 41.6 Å². The molecule has 1 aliphatic heterocycles. The van der Waals surface area contributed by atoms with Crippen LogP contribution in [-0.2, 0) is 14.4 Å². The number of carbonyl (C=O) groups is 4. The van der Waals surface area contributed by atoms with E-state index in [9.17, 15) is 19.2 Å². The van der Waals surface area contributed by atoms with Crippen LogP contribution in [0, 0.1) is 6.92 Å². The molecule has 0 atom stereocenters. The highest BCUT2D eigenvalue weighted by molar-refractivity contribution is 8.18. The molecule has 1 saturated heterocycles. The zero-order chi connectivity index (χ0) is 23.4. The molecular weight excluding hydrogens is 456 g/mol. The van der Waals surface area contributed by atoms with Crippen LogP contribution < -0.4 is 14.8 Å². The Morgan fingerprint density at radius 2 is 1.91 bits per heavy atom. The number of imide groups is 1. The van der Waals surface area contributed by atoms with Crippen LogP contribution in [0.3, 0.4) is 0 Å². The largest absolute Gasteiger partial charge is 0.493 e. The molecule has 0 unspecified atom stereocenters. The summed E-state index contributed by atoms with van der Waals surface area (Å²) in [6, 6.07) is 9.73.